The summed E-state index contributed by atoms with van der Waals surface area (Å²) in [4.78, 5) is 21.9. The molecule has 0 aliphatic carbocycles. The van der Waals surface area contributed by atoms with Gasteiger partial charge in [0.15, 0.2) is 5.69 Å². The van der Waals surface area contributed by atoms with Gasteiger partial charge >= 0.3 is 0 Å². The molecule has 124 valence electrons. The van der Waals surface area contributed by atoms with Crippen molar-refractivity contribution in [2.24, 2.45) is 5.73 Å². The number of fused-ring (bicyclic) bond motifs is 1. The lowest BCUT2D eigenvalue weighted by Gasteiger charge is -2.15. The SMILES string of the molecule is C[Si](C)(C)CCOCn1nc(C(N)=O)c2cc([N+](=O)[O-])ccc21. The van der Waals surface area contributed by atoms with Gasteiger partial charge in [-0.15, -0.1) is 0 Å². The fourth-order valence-electron chi connectivity index (χ4n) is 2.09. The summed E-state index contributed by atoms with van der Waals surface area (Å²) in [6, 6.07) is 5.24. The van der Waals surface area contributed by atoms with E-state index in [-0.39, 0.29) is 18.1 Å². The first kappa shape index (κ1) is 17.1. The molecule has 23 heavy (non-hydrogen) atoms. The van der Waals surface area contributed by atoms with E-state index in [0.717, 1.165) is 6.04 Å². The van der Waals surface area contributed by atoms with Crippen molar-refractivity contribution in [2.75, 3.05) is 6.61 Å². The standard InChI is InChI=1S/C14H20N4O4Si/c1-23(2,3)7-6-22-9-17-12-5-4-10(18(20)21)8-11(12)13(16-17)14(15)19/h4-5,8H,6-7,9H2,1-3H3,(H2,15,19). The molecule has 0 radical (unpaired) electrons. The number of hydrogen-bond acceptors (Lipinski definition) is 5. The van der Waals surface area contributed by atoms with Crippen molar-refractivity contribution in [1.29, 1.82) is 0 Å². The van der Waals surface area contributed by atoms with Gasteiger partial charge in [0.05, 0.1) is 10.4 Å². The Morgan fingerprint density at radius 3 is 2.70 bits per heavy atom. The van der Waals surface area contributed by atoms with Crippen molar-refractivity contribution >= 4 is 30.6 Å². The van der Waals surface area contributed by atoms with E-state index >= 15 is 0 Å². The highest BCUT2D eigenvalue weighted by Crippen LogP contribution is 2.24. The second-order valence-electron chi connectivity index (χ2n) is 6.52. The van der Waals surface area contributed by atoms with Crippen LogP contribution < -0.4 is 5.73 Å². The van der Waals surface area contributed by atoms with Crippen LogP contribution in [0.4, 0.5) is 5.69 Å². The summed E-state index contributed by atoms with van der Waals surface area (Å²) in [5.74, 6) is -0.726. The van der Waals surface area contributed by atoms with E-state index in [1.807, 2.05) is 0 Å². The summed E-state index contributed by atoms with van der Waals surface area (Å²) >= 11 is 0. The molecule has 0 aliphatic rings. The molecule has 9 heteroatoms. The molecule has 1 amide bonds. The van der Waals surface area contributed by atoms with Crippen molar-refractivity contribution in [3.63, 3.8) is 0 Å². The van der Waals surface area contributed by atoms with Crippen molar-refractivity contribution in [1.82, 2.24) is 9.78 Å². The number of aromatic nitrogens is 2. The fraction of sp³-hybridized carbons (Fsp3) is 0.429. The molecule has 2 rings (SSSR count). The zero-order valence-electron chi connectivity index (χ0n) is 13.4. The van der Waals surface area contributed by atoms with Crippen molar-refractivity contribution < 1.29 is 14.5 Å². The third-order valence-corrected chi connectivity index (χ3v) is 5.09. The normalized spacial score (nSPS) is 11.8. The van der Waals surface area contributed by atoms with Crippen molar-refractivity contribution in [3.8, 4) is 0 Å². The van der Waals surface area contributed by atoms with Gasteiger partial charge in [-0.1, -0.05) is 19.6 Å². The molecule has 0 spiro atoms. The van der Waals surface area contributed by atoms with Gasteiger partial charge in [0, 0.05) is 32.2 Å². The number of ether oxygens (including phenoxy) is 1. The second-order valence-corrected chi connectivity index (χ2v) is 12.1. The third-order valence-electron chi connectivity index (χ3n) is 3.39. The fourth-order valence-corrected chi connectivity index (χ4v) is 2.85. The summed E-state index contributed by atoms with van der Waals surface area (Å²) in [6.07, 6.45) is 0. The molecule has 0 saturated heterocycles. The van der Waals surface area contributed by atoms with Gasteiger partial charge in [0.2, 0.25) is 0 Å². The Balaban J connectivity index is 2.26. The van der Waals surface area contributed by atoms with E-state index < -0.39 is 18.9 Å². The van der Waals surface area contributed by atoms with Gasteiger partial charge in [-0.25, -0.2) is 4.68 Å². The zero-order valence-corrected chi connectivity index (χ0v) is 14.4. The quantitative estimate of drug-likeness (QED) is 0.361. The van der Waals surface area contributed by atoms with E-state index in [2.05, 4.69) is 24.7 Å². The van der Waals surface area contributed by atoms with Crippen LogP contribution in [0.15, 0.2) is 18.2 Å². The molecule has 0 atom stereocenters. The van der Waals surface area contributed by atoms with Crippen LogP contribution in [-0.4, -0.2) is 35.3 Å². The maximum Gasteiger partial charge on any atom is 0.270 e. The number of hydrogen-bond donors (Lipinski definition) is 1. The minimum Gasteiger partial charge on any atom is -0.364 e. The third kappa shape index (κ3) is 4.14. The van der Waals surface area contributed by atoms with Gasteiger partial charge in [-0.05, 0) is 12.1 Å². The van der Waals surface area contributed by atoms with Crippen molar-refractivity contribution in [2.45, 2.75) is 32.4 Å². The molecule has 0 saturated carbocycles. The Hall–Kier alpha value is -2.26. The highest BCUT2D eigenvalue weighted by atomic mass is 28.3. The number of nitrogens with two attached hydrogens (primary N) is 1. The number of benzene rings is 1. The minimum atomic E-state index is -1.19. The number of amides is 1. The van der Waals surface area contributed by atoms with Crippen LogP contribution in [0.2, 0.25) is 25.7 Å². The average Bonchev–Trinajstić information content (AvgIpc) is 2.80. The molecule has 0 aliphatic heterocycles. The monoisotopic (exact) mass is 336 g/mol. The summed E-state index contributed by atoms with van der Waals surface area (Å²) < 4.78 is 7.13. The topological polar surface area (TPSA) is 113 Å². The number of carbonyl (C=O) groups excluding carboxylic acids is 1. The molecular formula is C14H20N4O4Si. The van der Waals surface area contributed by atoms with Crippen LogP contribution in [0.5, 0.6) is 0 Å². The van der Waals surface area contributed by atoms with Crippen LogP contribution in [-0.2, 0) is 11.5 Å². The number of non-ortho nitro benzene ring substituents is 1. The van der Waals surface area contributed by atoms with Crippen LogP contribution in [0, 0.1) is 10.1 Å². The summed E-state index contributed by atoms with van der Waals surface area (Å²) in [5, 5.41) is 15.4. The van der Waals surface area contributed by atoms with Crippen LogP contribution in [0.3, 0.4) is 0 Å². The van der Waals surface area contributed by atoms with E-state index in [0.29, 0.717) is 17.5 Å². The number of primary amides is 1. The molecule has 0 fully saturated rings. The van der Waals surface area contributed by atoms with E-state index in [1.165, 1.54) is 16.8 Å². The molecule has 8 nitrogen and oxygen atoms in total. The maximum absolute atomic E-state index is 11.5. The van der Waals surface area contributed by atoms with Crippen molar-refractivity contribution in [3.05, 3.63) is 34.0 Å². The molecule has 1 heterocycles. The highest BCUT2D eigenvalue weighted by Gasteiger charge is 2.18. The summed E-state index contributed by atoms with van der Waals surface area (Å²) in [5.41, 5.74) is 5.79. The van der Waals surface area contributed by atoms with Crippen LogP contribution >= 0.6 is 0 Å². The minimum absolute atomic E-state index is 0.0116. The van der Waals surface area contributed by atoms with Gasteiger partial charge in [-0.2, -0.15) is 5.10 Å². The number of nitro benzene ring substituents is 1. The molecule has 0 unspecified atom stereocenters. The summed E-state index contributed by atoms with van der Waals surface area (Å²) in [6.45, 7) is 7.54. The Bertz CT molecular complexity index is 751. The Kier molecular flexibility index (Phi) is 4.81. The van der Waals surface area contributed by atoms with Gasteiger partial charge < -0.3 is 10.5 Å². The predicted molar refractivity (Wildman–Crippen MR) is 89.0 cm³/mol. The predicted octanol–water partition coefficient (Wildman–Crippen LogP) is 2.36. The largest absolute Gasteiger partial charge is 0.364 e. The Morgan fingerprint density at radius 2 is 2.13 bits per heavy atom. The molecule has 2 N–H and O–H groups in total. The molecular weight excluding hydrogens is 316 g/mol. The lowest BCUT2D eigenvalue weighted by Crippen LogP contribution is -2.22. The van der Waals surface area contributed by atoms with E-state index in [4.69, 9.17) is 10.5 Å². The van der Waals surface area contributed by atoms with Crippen LogP contribution in [0.1, 0.15) is 10.5 Å². The first-order chi connectivity index (χ1) is 10.7. The molecule has 0 bridgehead atoms. The Labute approximate surface area is 134 Å². The van der Waals surface area contributed by atoms with Gasteiger partial charge in [0.1, 0.15) is 6.73 Å². The lowest BCUT2D eigenvalue weighted by molar-refractivity contribution is -0.384. The van der Waals surface area contributed by atoms with Gasteiger partial charge in [0.25, 0.3) is 11.6 Å². The smallest absolute Gasteiger partial charge is 0.270 e. The zero-order chi connectivity index (χ0) is 17.2. The number of nitro groups is 1. The Morgan fingerprint density at radius 1 is 1.43 bits per heavy atom. The number of carbonyl (C=O) groups is 1. The molecule has 1 aromatic carbocycles. The molecule has 2 aromatic rings. The van der Waals surface area contributed by atoms with E-state index in [1.54, 1.807) is 6.07 Å². The number of rotatable bonds is 7. The van der Waals surface area contributed by atoms with E-state index in [9.17, 15) is 14.9 Å². The lowest BCUT2D eigenvalue weighted by atomic mass is 10.2. The van der Waals surface area contributed by atoms with Crippen LogP contribution in [0.25, 0.3) is 10.9 Å². The first-order valence-corrected chi connectivity index (χ1v) is 10.9. The number of nitrogens with zero attached hydrogens (tertiary/aromatic N) is 3. The van der Waals surface area contributed by atoms with Gasteiger partial charge in [-0.3, -0.25) is 14.9 Å². The summed E-state index contributed by atoms with van der Waals surface area (Å²) in [7, 11) is -1.19. The maximum atomic E-state index is 11.5. The second kappa shape index (κ2) is 6.47. The average molecular weight is 336 g/mol. The first-order valence-electron chi connectivity index (χ1n) is 7.21. The highest BCUT2D eigenvalue weighted by molar-refractivity contribution is 6.76. The molecule has 1 aromatic heterocycles.